The summed E-state index contributed by atoms with van der Waals surface area (Å²) in [6.07, 6.45) is 9.12. The summed E-state index contributed by atoms with van der Waals surface area (Å²) in [7, 11) is 0. The SMILES string of the molecule is C=C/C(=C\CC)CCCC. The Morgan fingerprint density at radius 3 is 2.50 bits per heavy atom. The Hall–Kier alpha value is -0.520. The molecule has 0 spiro atoms. The molecule has 0 saturated carbocycles. The molecule has 58 valence electrons. The van der Waals surface area contributed by atoms with Crippen LogP contribution in [-0.4, -0.2) is 0 Å². The second-order valence-corrected chi connectivity index (χ2v) is 2.49. The van der Waals surface area contributed by atoms with Crippen LogP contribution in [0.3, 0.4) is 0 Å². The standard InChI is InChI=1S/C10H18/c1-4-7-9-10(6-3)8-5-2/h6,8H,3-5,7,9H2,1-2H3/b10-8+. The predicted molar refractivity (Wildman–Crippen MR) is 48.1 cm³/mol. The van der Waals surface area contributed by atoms with E-state index >= 15 is 0 Å². The van der Waals surface area contributed by atoms with Crippen LogP contribution in [0.25, 0.3) is 0 Å². The smallest absolute Gasteiger partial charge is 0.0282 e. The van der Waals surface area contributed by atoms with Crippen molar-refractivity contribution < 1.29 is 0 Å². The summed E-state index contributed by atoms with van der Waals surface area (Å²) in [4.78, 5) is 0. The first kappa shape index (κ1) is 9.48. The van der Waals surface area contributed by atoms with E-state index < -0.39 is 0 Å². The van der Waals surface area contributed by atoms with Gasteiger partial charge in [-0.2, -0.15) is 0 Å². The fraction of sp³-hybridized carbons (Fsp3) is 0.600. The lowest BCUT2D eigenvalue weighted by molar-refractivity contribution is 0.795. The average molecular weight is 138 g/mol. The fourth-order valence-corrected chi connectivity index (χ4v) is 0.931. The van der Waals surface area contributed by atoms with Gasteiger partial charge in [0, 0.05) is 0 Å². The molecule has 0 unspecified atom stereocenters. The molecule has 0 aliphatic rings. The second-order valence-electron chi connectivity index (χ2n) is 2.49. The minimum Gasteiger partial charge on any atom is -0.0988 e. The van der Waals surface area contributed by atoms with Crippen molar-refractivity contribution in [1.82, 2.24) is 0 Å². The molecule has 0 radical (unpaired) electrons. The van der Waals surface area contributed by atoms with Crippen LogP contribution in [-0.2, 0) is 0 Å². The molecule has 10 heavy (non-hydrogen) atoms. The summed E-state index contributed by atoms with van der Waals surface area (Å²) in [5, 5.41) is 0. The first-order valence-electron chi connectivity index (χ1n) is 4.16. The van der Waals surface area contributed by atoms with E-state index in [0.717, 1.165) is 6.42 Å². The van der Waals surface area contributed by atoms with E-state index in [1.807, 2.05) is 6.08 Å². The van der Waals surface area contributed by atoms with Gasteiger partial charge < -0.3 is 0 Å². The molecular formula is C10H18. The summed E-state index contributed by atoms with van der Waals surface area (Å²) >= 11 is 0. The zero-order valence-corrected chi connectivity index (χ0v) is 7.19. The van der Waals surface area contributed by atoms with E-state index in [0.29, 0.717) is 0 Å². The van der Waals surface area contributed by atoms with E-state index in [1.54, 1.807) is 0 Å². The third-order valence-corrected chi connectivity index (χ3v) is 1.55. The van der Waals surface area contributed by atoms with E-state index in [4.69, 9.17) is 0 Å². The van der Waals surface area contributed by atoms with Crippen molar-refractivity contribution in [3.05, 3.63) is 24.3 Å². The van der Waals surface area contributed by atoms with Crippen LogP contribution in [0.4, 0.5) is 0 Å². The molecule has 0 bridgehead atoms. The van der Waals surface area contributed by atoms with Gasteiger partial charge in [0.2, 0.25) is 0 Å². The summed E-state index contributed by atoms with van der Waals surface area (Å²) < 4.78 is 0. The first-order chi connectivity index (χ1) is 4.85. The van der Waals surface area contributed by atoms with Crippen molar-refractivity contribution in [1.29, 1.82) is 0 Å². The van der Waals surface area contributed by atoms with E-state index in [9.17, 15) is 0 Å². The van der Waals surface area contributed by atoms with Crippen molar-refractivity contribution in [3.63, 3.8) is 0 Å². The van der Waals surface area contributed by atoms with Gasteiger partial charge in [-0.05, 0) is 19.3 Å². The first-order valence-corrected chi connectivity index (χ1v) is 4.16. The quantitative estimate of drug-likeness (QED) is 0.508. The van der Waals surface area contributed by atoms with Gasteiger partial charge in [-0.25, -0.2) is 0 Å². The van der Waals surface area contributed by atoms with Crippen LogP contribution < -0.4 is 0 Å². The molecule has 0 saturated heterocycles. The minimum absolute atomic E-state index is 1.13. The maximum absolute atomic E-state index is 3.76. The molecular weight excluding hydrogens is 120 g/mol. The number of allylic oxidation sites excluding steroid dienone is 3. The largest absolute Gasteiger partial charge is 0.0988 e. The Labute approximate surface area is 64.6 Å². The third kappa shape index (κ3) is 4.37. The summed E-state index contributed by atoms with van der Waals surface area (Å²) in [6.45, 7) is 8.14. The molecule has 0 amide bonds. The molecule has 0 aromatic carbocycles. The van der Waals surface area contributed by atoms with Crippen LogP contribution >= 0.6 is 0 Å². The number of hydrogen-bond acceptors (Lipinski definition) is 0. The van der Waals surface area contributed by atoms with Crippen molar-refractivity contribution in [2.45, 2.75) is 39.5 Å². The van der Waals surface area contributed by atoms with Gasteiger partial charge in [0.15, 0.2) is 0 Å². The molecule has 0 rings (SSSR count). The zero-order chi connectivity index (χ0) is 7.82. The Morgan fingerprint density at radius 2 is 2.10 bits per heavy atom. The Kier molecular flexibility index (Phi) is 6.25. The van der Waals surface area contributed by atoms with Gasteiger partial charge in [-0.3, -0.25) is 0 Å². The zero-order valence-electron chi connectivity index (χ0n) is 7.19. The monoisotopic (exact) mass is 138 g/mol. The third-order valence-electron chi connectivity index (χ3n) is 1.55. The maximum Gasteiger partial charge on any atom is -0.0282 e. The van der Waals surface area contributed by atoms with Crippen molar-refractivity contribution in [2.24, 2.45) is 0 Å². The highest BCUT2D eigenvalue weighted by molar-refractivity contribution is 5.15. The summed E-state index contributed by atoms with van der Waals surface area (Å²) in [5.41, 5.74) is 1.41. The Bertz CT molecular complexity index is 109. The Balaban J connectivity index is 3.60. The number of hydrogen-bond donors (Lipinski definition) is 0. The van der Waals surface area contributed by atoms with Gasteiger partial charge in [0.05, 0.1) is 0 Å². The van der Waals surface area contributed by atoms with Gasteiger partial charge in [-0.1, -0.05) is 44.6 Å². The lowest BCUT2D eigenvalue weighted by Gasteiger charge is -1.97. The van der Waals surface area contributed by atoms with Crippen LogP contribution in [0.5, 0.6) is 0 Å². The number of unbranched alkanes of at least 4 members (excludes halogenated alkanes) is 1. The average Bonchev–Trinajstić information content (AvgIpc) is 1.98. The summed E-state index contributed by atoms with van der Waals surface area (Å²) in [6, 6.07) is 0. The second kappa shape index (κ2) is 6.60. The van der Waals surface area contributed by atoms with Crippen molar-refractivity contribution in [2.75, 3.05) is 0 Å². The molecule has 0 aromatic heterocycles. The molecule has 0 aromatic rings. The van der Waals surface area contributed by atoms with Crippen LogP contribution in [0, 0.1) is 0 Å². The minimum atomic E-state index is 1.13. The molecule has 0 atom stereocenters. The highest BCUT2D eigenvalue weighted by Gasteiger charge is 1.88. The van der Waals surface area contributed by atoms with E-state index in [1.165, 1.54) is 24.8 Å². The fourth-order valence-electron chi connectivity index (χ4n) is 0.931. The molecule has 0 aliphatic heterocycles. The highest BCUT2D eigenvalue weighted by Crippen LogP contribution is 2.08. The van der Waals surface area contributed by atoms with E-state index in [2.05, 4.69) is 26.5 Å². The predicted octanol–water partition coefficient (Wildman–Crippen LogP) is 3.70. The molecule has 0 heteroatoms. The van der Waals surface area contributed by atoms with Crippen LogP contribution in [0.15, 0.2) is 24.3 Å². The molecule has 0 fully saturated rings. The molecule has 0 nitrogen and oxygen atoms in total. The van der Waals surface area contributed by atoms with Crippen LogP contribution in [0.2, 0.25) is 0 Å². The molecule has 0 N–H and O–H groups in total. The maximum atomic E-state index is 3.76. The molecule has 0 heterocycles. The topological polar surface area (TPSA) is 0 Å². The lowest BCUT2D eigenvalue weighted by Crippen LogP contribution is -1.77. The highest BCUT2D eigenvalue weighted by atomic mass is 13.9. The van der Waals surface area contributed by atoms with Gasteiger partial charge in [0.1, 0.15) is 0 Å². The van der Waals surface area contributed by atoms with E-state index in [-0.39, 0.29) is 0 Å². The molecule has 0 aliphatic carbocycles. The summed E-state index contributed by atoms with van der Waals surface area (Å²) in [5.74, 6) is 0. The van der Waals surface area contributed by atoms with Crippen LogP contribution in [0.1, 0.15) is 39.5 Å². The van der Waals surface area contributed by atoms with Gasteiger partial charge in [0.25, 0.3) is 0 Å². The lowest BCUT2D eigenvalue weighted by atomic mass is 10.1. The van der Waals surface area contributed by atoms with Crippen molar-refractivity contribution in [3.8, 4) is 0 Å². The van der Waals surface area contributed by atoms with Gasteiger partial charge >= 0.3 is 0 Å². The normalized spacial score (nSPS) is 11.6. The Morgan fingerprint density at radius 1 is 1.40 bits per heavy atom. The van der Waals surface area contributed by atoms with Crippen molar-refractivity contribution >= 4 is 0 Å². The van der Waals surface area contributed by atoms with Gasteiger partial charge in [-0.15, -0.1) is 0 Å². The number of rotatable bonds is 5.